The number of H-pyrrole nitrogens is 1. The minimum Gasteiger partial charge on any atom is -0.361 e. The first-order chi connectivity index (χ1) is 13.8. The Hall–Kier alpha value is -2.39. The van der Waals surface area contributed by atoms with E-state index in [1.807, 2.05) is 24.4 Å². The van der Waals surface area contributed by atoms with Gasteiger partial charge in [0.05, 0.1) is 17.5 Å². The van der Waals surface area contributed by atoms with Crippen molar-refractivity contribution in [2.45, 2.75) is 31.7 Å². The third-order valence-electron chi connectivity index (χ3n) is 5.29. The maximum atomic E-state index is 12.5. The van der Waals surface area contributed by atoms with Crippen molar-refractivity contribution in [1.82, 2.24) is 15.3 Å². The van der Waals surface area contributed by atoms with Gasteiger partial charge in [-0.25, -0.2) is 13.4 Å². The van der Waals surface area contributed by atoms with E-state index in [2.05, 4.69) is 15.4 Å². The Balaban J connectivity index is 1.39. The number of nitrogens with one attached hydrogen (secondary N) is 2. The highest BCUT2D eigenvalue weighted by Gasteiger charge is 2.37. The minimum atomic E-state index is -3.14. The van der Waals surface area contributed by atoms with Crippen LogP contribution in [0.2, 0.25) is 5.02 Å². The van der Waals surface area contributed by atoms with Crippen LogP contribution in [0.15, 0.2) is 29.5 Å². The molecule has 154 valence electrons. The number of aromatic nitrogens is 1. The monoisotopic (exact) mass is 436 g/mol. The molecule has 1 fully saturated rings. The Bertz CT molecular complexity index is 1110. The number of amides is 2. The molecule has 0 aliphatic carbocycles. The van der Waals surface area contributed by atoms with Crippen LogP contribution in [0.25, 0.3) is 10.9 Å². The van der Waals surface area contributed by atoms with Crippen LogP contribution in [0, 0.1) is 0 Å². The number of hydrogen-bond donors (Lipinski definition) is 2. The fourth-order valence-electron chi connectivity index (χ4n) is 3.76. The van der Waals surface area contributed by atoms with Gasteiger partial charge in [0.1, 0.15) is 5.71 Å². The molecule has 2 aliphatic heterocycles. The quantitative estimate of drug-likeness (QED) is 0.742. The number of benzene rings is 1. The number of carbonyl (C=O) groups is 2. The zero-order chi connectivity index (χ0) is 20.6. The van der Waals surface area contributed by atoms with Gasteiger partial charge in [-0.05, 0) is 36.6 Å². The number of halogens is 1. The fraction of sp³-hybridized carbons (Fsp3) is 0.421. The summed E-state index contributed by atoms with van der Waals surface area (Å²) in [4.78, 5) is 27.8. The molecule has 2 amide bonds. The molecule has 0 unspecified atom stereocenters. The smallest absolute Gasteiger partial charge is 0.267 e. The second kappa shape index (κ2) is 7.79. The van der Waals surface area contributed by atoms with Crippen molar-refractivity contribution in [1.29, 1.82) is 0 Å². The van der Waals surface area contributed by atoms with Gasteiger partial charge in [0.2, 0.25) is 5.91 Å². The number of sulfone groups is 1. The summed E-state index contributed by atoms with van der Waals surface area (Å²) >= 11 is 6.06. The van der Waals surface area contributed by atoms with E-state index < -0.39 is 15.9 Å². The first-order valence-electron chi connectivity index (χ1n) is 9.46. The third-order valence-corrected chi connectivity index (χ3v) is 7.27. The fourth-order valence-corrected chi connectivity index (χ4v) is 5.62. The van der Waals surface area contributed by atoms with Crippen molar-refractivity contribution in [3.8, 4) is 0 Å². The molecule has 1 aromatic heterocycles. The van der Waals surface area contributed by atoms with Crippen LogP contribution in [0.5, 0.6) is 0 Å². The average Bonchev–Trinajstić information content (AvgIpc) is 3.24. The summed E-state index contributed by atoms with van der Waals surface area (Å²) in [6, 6.07) is 5.13. The highest BCUT2D eigenvalue weighted by atomic mass is 35.5. The first kappa shape index (κ1) is 19.9. The summed E-state index contributed by atoms with van der Waals surface area (Å²) in [6.07, 6.45) is 3.28. The van der Waals surface area contributed by atoms with E-state index in [0.29, 0.717) is 24.4 Å². The number of carbonyl (C=O) groups excluding carboxylic acids is 2. The molecule has 2 aliphatic rings. The van der Waals surface area contributed by atoms with Gasteiger partial charge in [0.25, 0.3) is 5.91 Å². The van der Waals surface area contributed by atoms with Crippen LogP contribution in [0.3, 0.4) is 0 Å². The van der Waals surface area contributed by atoms with Gasteiger partial charge >= 0.3 is 0 Å². The number of hydrazone groups is 1. The molecular weight excluding hydrogens is 416 g/mol. The molecule has 3 heterocycles. The van der Waals surface area contributed by atoms with Crippen molar-refractivity contribution < 1.29 is 18.0 Å². The lowest BCUT2D eigenvalue weighted by molar-refractivity contribution is -0.133. The molecule has 1 saturated heterocycles. The third kappa shape index (κ3) is 4.30. The Kier molecular flexibility index (Phi) is 5.35. The number of nitrogens with zero attached hydrogens (tertiary/aromatic N) is 2. The molecule has 2 N–H and O–H groups in total. The second-order valence-electron chi connectivity index (χ2n) is 7.35. The van der Waals surface area contributed by atoms with E-state index in [0.717, 1.165) is 16.5 Å². The highest BCUT2D eigenvalue weighted by molar-refractivity contribution is 7.91. The number of hydrogen-bond acceptors (Lipinski definition) is 5. The summed E-state index contributed by atoms with van der Waals surface area (Å²) in [5, 5.41) is 9.89. The van der Waals surface area contributed by atoms with Crippen LogP contribution in [-0.4, -0.2) is 60.0 Å². The van der Waals surface area contributed by atoms with E-state index >= 15 is 0 Å². The maximum Gasteiger partial charge on any atom is 0.267 e. The Labute approximate surface area is 173 Å². The molecular formula is C19H21ClN4O4S. The molecule has 10 heteroatoms. The molecule has 2 aromatic rings. The number of fused-ring (bicyclic) bond motifs is 1. The molecule has 1 aromatic carbocycles. The minimum absolute atomic E-state index is 0.0487. The first-order valence-corrected chi connectivity index (χ1v) is 11.7. The van der Waals surface area contributed by atoms with E-state index in [1.54, 1.807) is 0 Å². The summed E-state index contributed by atoms with van der Waals surface area (Å²) in [5.41, 5.74) is 2.28. The van der Waals surface area contributed by atoms with E-state index in [-0.39, 0.29) is 41.9 Å². The van der Waals surface area contributed by atoms with Gasteiger partial charge in [-0.15, -0.1) is 0 Å². The average molecular weight is 437 g/mol. The van der Waals surface area contributed by atoms with Gasteiger partial charge in [0, 0.05) is 41.5 Å². The van der Waals surface area contributed by atoms with Crippen LogP contribution in [0.4, 0.5) is 0 Å². The van der Waals surface area contributed by atoms with Crippen LogP contribution in [0.1, 0.15) is 24.8 Å². The Morgan fingerprint density at radius 1 is 1.34 bits per heavy atom. The highest BCUT2D eigenvalue weighted by Crippen LogP contribution is 2.23. The molecule has 0 spiro atoms. The zero-order valence-electron chi connectivity index (χ0n) is 15.7. The molecule has 0 saturated carbocycles. The number of aromatic amines is 1. The maximum absolute atomic E-state index is 12.5. The normalized spacial score (nSPS) is 21.4. The van der Waals surface area contributed by atoms with E-state index in [1.165, 1.54) is 5.01 Å². The predicted octanol–water partition coefficient (Wildman–Crippen LogP) is 1.65. The summed E-state index contributed by atoms with van der Waals surface area (Å²) < 4.78 is 23.4. The predicted molar refractivity (Wildman–Crippen MR) is 111 cm³/mol. The van der Waals surface area contributed by atoms with Gasteiger partial charge < -0.3 is 10.3 Å². The van der Waals surface area contributed by atoms with Gasteiger partial charge in [-0.3, -0.25) is 9.59 Å². The van der Waals surface area contributed by atoms with Gasteiger partial charge in [0.15, 0.2) is 9.84 Å². The van der Waals surface area contributed by atoms with Gasteiger partial charge in [-0.2, -0.15) is 5.10 Å². The van der Waals surface area contributed by atoms with Gasteiger partial charge in [-0.1, -0.05) is 11.6 Å². The summed E-state index contributed by atoms with van der Waals surface area (Å²) in [6.45, 7) is 0.406. The molecule has 0 bridgehead atoms. The second-order valence-corrected chi connectivity index (χ2v) is 10.0. The molecule has 29 heavy (non-hydrogen) atoms. The van der Waals surface area contributed by atoms with Crippen LogP contribution >= 0.6 is 11.6 Å². The van der Waals surface area contributed by atoms with E-state index in [4.69, 9.17) is 11.6 Å². The van der Waals surface area contributed by atoms with Crippen LogP contribution < -0.4 is 5.32 Å². The zero-order valence-corrected chi connectivity index (χ0v) is 17.2. The molecule has 1 atom stereocenters. The van der Waals surface area contributed by atoms with Crippen LogP contribution in [-0.2, 0) is 25.8 Å². The summed E-state index contributed by atoms with van der Waals surface area (Å²) in [5.74, 6) is -0.617. The van der Waals surface area contributed by atoms with Crippen molar-refractivity contribution in [2.24, 2.45) is 5.10 Å². The lowest BCUT2D eigenvalue weighted by Crippen LogP contribution is -2.44. The Morgan fingerprint density at radius 2 is 2.17 bits per heavy atom. The SMILES string of the molecule is O=C(NCCc1c[nH]c2ccc(Cl)cc12)C1=NN([C@@H]2CCS(=O)(=O)C2)C(=O)CC1. The standard InChI is InChI=1S/C19H21ClN4O4S/c20-13-1-2-16-15(9-13)12(10-22-16)5-7-21-19(26)17-3-4-18(25)24(23-17)14-6-8-29(27,28)11-14/h1-2,9-10,14,22H,3-8,11H2,(H,21,26)/t14-/m1/s1. The molecule has 4 rings (SSSR count). The van der Waals surface area contributed by atoms with E-state index in [9.17, 15) is 18.0 Å². The molecule has 0 radical (unpaired) electrons. The van der Waals surface area contributed by atoms with Crippen molar-refractivity contribution >= 4 is 49.9 Å². The largest absolute Gasteiger partial charge is 0.361 e. The lowest BCUT2D eigenvalue weighted by Gasteiger charge is -2.27. The van der Waals surface area contributed by atoms with Crippen molar-refractivity contribution in [2.75, 3.05) is 18.1 Å². The number of rotatable bonds is 5. The lowest BCUT2D eigenvalue weighted by atomic mass is 10.1. The van der Waals surface area contributed by atoms with Crippen molar-refractivity contribution in [3.63, 3.8) is 0 Å². The topological polar surface area (TPSA) is 112 Å². The molecule has 8 nitrogen and oxygen atoms in total. The Morgan fingerprint density at radius 3 is 2.93 bits per heavy atom. The summed E-state index contributed by atoms with van der Waals surface area (Å²) in [7, 11) is -3.14. The van der Waals surface area contributed by atoms with Crippen molar-refractivity contribution in [3.05, 3.63) is 35.0 Å².